The van der Waals surface area contributed by atoms with Gasteiger partial charge in [-0.3, -0.25) is 0 Å². The molecule has 1 saturated heterocycles. The molecule has 27 heavy (non-hydrogen) atoms. The van der Waals surface area contributed by atoms with E-state index in [1.807, 2.05) is 11.0 Å². The standard InChI is InChI=1S/C18H21FN6O2/c1-26-16-11(8-21-17(24-16)27-2)12-7-15(23-14(22-12)3-6-20)25-9-13(19)18(10-25)4-5-18/h3,6-8,13,20,23H,4-5,9-10H2,1-2H3/b14-3-,20-6?. The van der Waals surface area contributed by atoms with E-state index in [0.29, 0.717) is 36.1 Å². The normalized spacial score (nSPS) is 24.3. The molecule has 0 bridgehead atoms. The highest BCUT2D eigenvalue weighted by molar-refractivity contribution is 6.11. The number of aliphatic imine (C=N–C) groups is 1. The van der Waals surface area contributed by atoms with Crippen LogP contribution in [0, 0.1) is 10.8 Å². The maximum atomic E-state index is 14.4. The van der Waals surface area contributed by atoms with Crippen LogP contribution in [0.5, 0.6) is 11.9 Å². The predicted molar refractivity (Wildman–Crippen MR) is 97.9 cm³/mol. The molecule has 2 fully saturated rings. The van der Waals surface area contributed by atoms with Crippen molar-refractivity contribution in [3.8, 4) is 11.9 Å². The summed E-state index contributed by atoms with van der Waals surface area (Å²) in [4.78, 5) is 14.9. The summed E-state index contributed by atoms with van der Waals surface area (Å²) in [6.45, 7) is 1.02. The fraction of sp³-hybridized carbons (Fsp3) is 0.444. The predicted octanol–water partition coefficient (Wildman–Crippen LogP) is 1.65. The first-order valence-electron chi connectivity index (χ1n) is 8.71. The van der Waals surface area contributed by atoms with Gasteiger partial charge in [0.15, 0.2) is 0 Å². The van der Waals surface area contributed by atoms with E-state index in [1.165, 1.54) is 14.2 Å². The monoisotopic (exact) mass is 372 g/mol. The van der Waals surface area contributed by atoms with Gasteiger partial charge in [0.1, 0.15) is 17.8 Å². The Balaban J connectivity index is 1.71. The molecule has 3 heterocycles. The summed E-state index contributed by atoms with van der Waals surface area (Å²) < 4.78 is 24.8. The number of hydrogen-bond acceptors (Lipinski definition) is 8. The topological polar surface area (TPSA) is 95.7 Å². The first-order chi connectivity index (χ1) is 13.1. The van der Waals surface area contributed by atoms with Gasteiger partial charge in [-0.1, -0.05) is 0 Å². The van der Waals surface area contributed by atoms with E-state index in [-0.39, 0.29) is 11.4 Å². The molecule has 1 spiro atoms. The zero-order valence-corrected chi connectivity index (χ0v) is 15.2. The Morgan fingerprint density at radius 1 is 1.37 bits per heavy atom. The maximum absolute atomic E-state index is 14.4. The molecule has 0 radical (unpaired) electrons. The minimum Gasteiger partial charge on any atom is -0.480 e. The maximum Gasteiger partial charge on any atom is 0.319 e. The summed E-state index contributed by atoms with van der Waals surface area (Å²) in [6, 6.07) is 0.195. The highest BCUT2D eigenvalue weighted by Crippen LogP contribution is 2.54. The lowest BCUT2D eigenvalue weighted by Crippen LogP contribution is -2.33. The van der Waals surface area contributed by atoms with Crippen LogP contribution in [0.15, 0.2) is 35.0 Å². The summed E-state index contributed by atoms with van der Waals surface area (Å²) in [7, 11) is 2.99. The van der Waals surface area contributed by atoms with E-state index in [4.69, 9.17) is 14.9 Å². The molecular weight excluding hydrogens is 351 g/mol. The number of alkyl halides is 1. The number of methoxy groups -OCH3 is 2. The SMILES string of the molecule is COc1ncc(C2=N/C(=C/C=N)NC(N3CC(F)C4(CC4)C3)=C2)c(OC)n1. The molecule has 1 aromatic rings. The molecule has 8 nitrogen and oxygen atoms in total. The highest BCUT2D eigenvalue weighted by atomic mass is 19.1. The third-order valence-electron chi connectivity index (χ3n) is 5.18. The van der Waals surface area contributed by atoms with Crippen molar-refractivity contribution in [1.82, 2.24) is 20.2 Å². The smallest absolute Gasteiger partial charge is 0.319 e. The van der Waals surface area contributed by atoms with E-state index < -0.39 is 6.17 Å². The van der Waals surface area contributed by atoms with Gasteiger partial charge in [0, 0.05) is 30.4 Å². The van der Waals surface area contributed by atoms with Crippen LogP contribution in [-0.2, 0) is 0 Å². The quantitative estimate of drug-likeness (QED) is 0.763. The summed E-state index contributed by atoms with van der Waals surface area (Å²) in [6.07, 6.45) is 7.15. The average Bonchev–Trinajstić information content (AvgIpc) is 3.40. The molecule has 1 unspecified atom stereocenters. The number of aromatic nitrogens is 2. The van der Waals surface area contributed by atoms with Crippen LogP contribution >= 0.6 is 0 Å². The Morgan fingerprint density at radius 2 is 2.19 bits per heavy atom. The van der Waals surface area contributed by atoms with Crippen molar-refractivity contribution in [3.63, 3.8) is 0 Å². The molecule has 9 heteroatoms. The Hall–Kier alpha value is -2.97. The van der Waals surface area contributed by atoms with E-state index in [0.717, 1.165) is 24.9 Å². The van der Waals surface area contributed by atoms with Gasteiger partial charge in [-0.25, -0.2) is 14.4 Å². The molecule has 4 rings (SSSR count). The third kappa shape index (κ3) is 3.13. The molecule has 142 valence electrons. The molecule has 1 aromatic heterocycles. The van der Waals surface area contributed by atoms with Crippen LogP contribution in [0.3, 0.4) is 0 Å². The second kappa shape index (κ2) is 6.64. The van der Waals surface area contributed by atoms with Crippen LogP contribution in [-0.4, -0.2) is 60.3 Å². The van der Waals surface area contributed by atoms with Crippen LogP contribution in [0.2, 0.25) is 0 Å². The highest BCUT2D eigenvalue weighted by Gasteiger charge is 2.56. The van der Waals surface area contributed by atoms with Crippen LogP contribution in [0.1, 0.15) is 18.4 Å². The second-order valence-electron chi connectivity index (χ2n) is 6.86. The molecule has 0 amide bonds. The zero-order chi connectivity index (χ0) is 19.0. The van der Waals surface area contributed by atoms with E-state index in [1.54, 1.807) is 12.3 Å². The first-order valence-corrected chi connectivity index (χ1v) is 8.71. The third-order valence-corrected chi connectivity index (χ3v) is 5.18. The van der Waals surface area contributed by atoms with Gasteiger partial charge in [-0.15, -0.1) is 0 Å². The fourth-order valence-corrected chi connectivity index (χ4v) is 3.48. The van der Waals surface area contributed by atoms with Gasteiger partial charge < -0.3 is 25.1 Å². The lowest BCUT2D eigenvalue weighted by atomic mass is 10.1. The summed E-state index contributed by atoms with van der Waals surface area (Å²) in [5.74, 6) is 1.57. The zero-order valence-electron chi connectivity index (χ0n) is 15.2. The molecule has 1 saturated carbocycles. The lowest BCUT2D eigenvalue weighted by Gasteiger charge is -2.26. The number of likely N-dealkylation sites (tertiary alicyclic amines) is 1. The largest absolute Gasteiger partial charge is 0.480 e. The van der Waals surface area contributed by atoms with Crippen molar-refractivity contribution in [2.45, 2.75) is 19.0 Å². The van der Waals surface area contributed by atoms with Gasteiger partial charge in [-0.2, -0.15) is 4.98 Å². The lowest BCUT2D eigenvalue weighted by molar-refractivity contribution is 0.264. The Labute approximate surface area is 156 Å². The Bertz CT molecular complexity index is 861. The number of nitrogens with zero attached hydrogens (tertiary/aromatic N) is 4. The molecule has 3 aliphatic rings. The Kier molecular flexibility index (Phi) is 4.29. The number of halogens is 1. The molecular formula is C18H21FN6O2. The van der Waals surface area contributed by atoms with Crippen molar-refractivity contribution >= 4 is 11.9 Å². The van der Waals surface area contributed by atoms with Gasteiger partial charge in [-0.05, 0) is 18.9 Å². The van der Waals surface area contributed by atoms with Crippen molar-refractivity contribution in [2.24, 2.45) is 10.4 Å². The number of nitrogens with one attached hydrogen (secondary N) is 2. The molecule has 2 aliphatic heterocycles. The van der Waals surface area contributed by atoms with E-state index in [9.17, 15) is 4.39 Å². The number of ether oxygens (including phenoxy) is 2. The summed E-state index contributed by atoms with van der Waals surface area (Å²) in [5.41, 5.74) is 0.970. The Morgan fingerprint density at radius 3 is 2.81 bits per heavy atom. The minimum absolute atomic E-state index is 0.191. The summed E-state index contributed by atoms with van der Waals surface area (Å²) >= 11 is 0. The van der Waals surface area contributed by atoms with Crippen molar-refractivity contribution in [3.05, 3.63) is 35.6 Å². The van der Waals surface area contributed by atoms with Crippen molar-refractivity contribution in [2.75, 3.05) is 27.3 Å². The number of rotatable bonds is 5. The fourth-order valence-electron chi connectivity index (χ4n) is 3.48. The van der Waals surface area contributed by atoms with Crippen molar-refractivity contribution in [1.29, 1.82) is 5.41 Å². The van der Waals surface area contributed by atoms with E-state index >= 15 is 0 Å². The van der Waals surface area contributed by atoms with Gasteiger partial charge in [0.25, 0.3) is 0 Å². The minimum atomic E-state index is -0.823. The van der Waals surface area contributed by atoms with Crippen LogP contribution in [0.25, 0.3) is 0 Å². The van der Waals surface area contributed by atoms with Gasteiger partial charge >= 0.3 is 6.01 Å². The van der Waals surface area contributed by atoms with Crippen molar-refractivity contribution < 1.29 is 13.9 Å². The second-order valence-corrected chi connectivity index (χ2v) is 6.86. The molecule has 2 N–H and O–H groups in total. The average molecular weight is 372 g/mol. The summed E-state index contributed by atoms with van der Waals surface area (Å²) in [5, 5.41) is 10.5. The van der Waals surface area contributed by atoms with Gasteiger partial charge in [0.05, 0.1) is 32.0 Å². The van der Waals surface area contributed by atoms with Gasteiger partial charge in [0.2, 0.25) is 5.88 Å². The molecule has 1 aliphatic carbocycles. The molecule has 0 aromatic carbocycles. The number of hydrogen-bond donors (Lipinski definition) is 2. The van der Waals surface area contributed by atoms with Crippen LogP contribution < -0.4 is 14.8 Å². The first kappa shape index (κ1) is 17.4. The number of allylic oxidation sites excluding steroid dienone is 2. The van der Waals surface area contributed by atoms with E-state index in [2.05, 4.69) is 20.3 Å². The molecule has 1 atom stereocenters. The van der Waals surface area contributed by atoms with Crippen LogP contribution in [0.4, 0.5) is 4.39 Å².